The molecule has 0 radical (unpaired) electrons. The molecule has 1 aromatic rings. The molecule has 0 bridgehead atoms. The molecule has 1 fully saturated rings. The smallest absolute Gasteiger partial charge is 0.414 e. The highest BCUT2D eigenvalue weighted by atomic mass is 79.9. The van der Waals surface area contributed by atoms with E-state index in [0.29, 0.717) is 17.4 Å². The molecule has 1 saturated heterocycles. The van der Waals surface area contributed by atoms with Crippen molar-refractivity contribution in [3.63, 3.8) is 0 Å². The summed E-state index contributed by atoms with van der Waals surface area (Å²) in [5, 5.41) is 0.626. The maximum absolute atomic E-state index is 11.6. The van der Waals surface area contributed by atoms with Crippen LogP contribution in [0.1, 0.15) is 17.3 Å². The summed E-state index contributed by atoms with van der Waals surface area (Å²) in [5.41, 5.74) is 1.39. The molecule has 0 N–H and O–H groups in total. The third-order valence-corrected chi connectivity index (χ3v) is 3.35. The van der Waals surface area contributed by atoms with Crippen LogP contribution in [0, 0.1) is 0 Å². The van der Waals surface area contributed by atoms with E-state index in [0.717, 1.165) is 5.69 Å². The number of ketones is 1. The molecule has 1 aromatic carbocycles. The van der Waals surface area contributed by atoms with Crippen molar-refractivity contribution in [2.45, 2.75) is 13.0 Å². The van der Waals surface area contributed by atoms with Crippen LogP contribution < -0.4 is 4.90 Å². The molecule has 5 heteroatoms. The minimum Gasteiger partial charge on any atom is -0.443 e. The van der Waals surface area contributed by atoms with E-state index in [9.17, 15) is 9.59 Å². The lowest BCUT2D eigenvalue weighted by Crippen LogP contribution is -2.24. The summed E-state index contributed by atoms with van der Waals surface area (Å²) in [6.07, 6.45) is -0.458. The third-order valence-electron chi connectivity index (χ3n) is 2.63. The van der Waals surface area contributed by atoms with E-state index in [-0.39, 0.29) is 18.0 Å². The Labute approximate surface area is 108 Å². The molecule has 1 aliphatic rings. The predicted octanol–water partition coefficient (Wildman–Crippen LogP) is 2.61. The van der Waals surface area contributed by atoms with E-state index < -0.39 is 0 Å². The molecular formula is C12H12BrNO3. The van der Waals surface area contributed by atoms with Crippen molar-refractivity contribution in [1.82, 2.24) is 0 Å². The van der Waals surface area contributed by atoms with Gasteiger partial charge >= 0.3 is 6.09 Å². The monoisotopic (exact) mass is 297 g/mol. The van der Waals surface area contributed by atoms with Crippen LogP contribution in [0.15, 0.2) is 24.3 Å². The lowest BCUT2D eigenvalue weighted by Gasteiger charge is -2.12. The largest absolute Gasteiger partial charge is 0.443 e. The fourth-order valence-electron chi connectivity index (χ4n) is 1.69. The highest BCUT2D eigenvalue weighted by Gasteiger charge is 2.31. The van der Waals surface area contributed by atoms with Crippen molar-refractivity contribution in [3.05, 3.63) is 29.8 Å². The average Bonchev–Trinajstić information content (AvgIpc) is 2.71. The quantitative estimate of drug-likeness (QED) is 0.636. The number of rotatable bonds is 3. The van der Waals surface area contributed by atoms with Gasteiger partial charge in [-0.15, -0.1) is 0 Å². The van der Waals surface area contributed by atoms with E-state index in [1.807, 2.05) is 0 Å². The van der Waals surface area contributed by atoms with Gasteiger partial charge in [-0.2, -0.15) is 0 Å². The minimum atomic E-state index is -0.343. The fraction of sp³-hybridized carbons (Fsp3) is 0.333. The molecule has 4 nitrogen and oxygen atoms in total. The number of nitrogens with zero attached hydrogens (tertiary/aromatic N) is 1. The van der Waals surface area contributed by atoms with Gasteiger partial charge in [0.1, 0.15) is 6.10 Å². The van der Waals surface area contributed by atoms with E-state index in [2.05, 4.69) is 15.9 Å². The Balaban J connectivity index is 2.18. The van der Waals surface area contributed by atoms with Crippen molar-refractivity contribution in [2.24, 2.45) is 0 Å². The van der Waals surface area contributed by atoms with Gasteiger partial charge in [0, 0.05) is 16.6 Å². The van der Waals surface area contributed by atoms with Crippen LogP contribution in [-0.2, 0) is 4.74 Å². The summed E-state index contributed by atoms with van der Waals surface area (Å²) in [4.78, 5) is 24.3. The summed E-state index contributed by atoms with van der Waals surface area (Å²) in [6.45, 7) is 2.05. The average molecular weight is 298 g/mol. The van der Waals surface area contributed by atoms with Gasteiger partial charge in [-0.25, -0.2) is 4.79 Å². The molecule has 17 heavy (non-hydrogen) atoms. The van der Waals surface area contributed by atoms with Crippen molar-refractivity contribution < 1.29 is 14.3 Å². The Morgan fingerprint density at radius 2 is 2.12 bits per heavy atom. The first-order chi connectivity index (χ1) is 8.11. The molecule has 1 aliphatic heterocycles. The Morgan fingerprint density at radius 3 is 2.59 bits per heavy atom. The lowest BCUT2D eigenvalue weighted by atomic mass is 10.1. The molecule has 0 aromatic heterocycles. The van der Waals surface area contributed by atoms with Crippen LogP contribution in [-0.4, -0.2) is 29.9 Å². The van der Waals surface area contributed by atoms with Crippen LogP contribution in [0.2, 0.25) is 0 Å². The molecular weight excluding hydrogens is 286 g/mol. The van der Waals surface area contributed by atoms with Crippen LogP contribution in [0.25, 0.3) is 0 Å². The van der Waals surface area contributed by atoms with Crippen molar-refractivity contribution in [1.29, 1.82) is 0 Å². The topological polar surface area (TPSA) is 46.6 Å². The zero-order valence-electron chi connectivity index (χ0n) is 9.35. The fourth-order valence-corrected chi connectivity index (χ4v) is 2.03. The van der Waals surface area contributed by atoms with E-state index >= 15 is 0 Å². The SMILES string of the molecule is CC(=O)c1ccc(N2CC(CBr)OC2=O)cc1. The maximum atomic E-state index is 11.6. The second-order valence-electron chi connectivity index (χ2n) is 3.87. The number of anilines is 1. The second-order valence-corrected chi connectivity index (χ2v) is 4.52. The highest BCUT2D eigenvalue weighted by Crippen LogP contribution is 2.22. The molecule has 0 saturated carbocycles. The van der Waals surface area contributed by atoms with Crippen molar-refractivity contribution in [3.8, 4) is 0 Å². The molecule has 1 atom stereocenters. The number of ether oxygens (including phenoxy) is 1. The molecule has 0 spiro atoms. The van der Waals surface area contributed by atoms with Gasteiger partial charge < -0.3 is 4.74 Å². The minimum absolute atomic E-state index is 0.0129. The van der Waals surface area contributed by atoms with E-state index in [1.165, 1.54) is 6.92 Å². The van der Waals surface area contributed by atoms with Crippen LogP contribution in [0.5, 0.6) is 0 Å². The third kappa shape index (κ3) is 2.49. The first kappa shape index (κ1) is 12.1. The summed E-state index contributed by atoms with van der Waals surface area (Å²) >= 11 is 3.29. The molecule has 0 aliphatic carbocycles. The number of alkyl halides is 1. The van der Waals surface area contributed by atoms with Gasteiger partial charge in [0.25, 0.3) is 0 Å². The summed E-state index contributed by atoms with van der Waals surface area (Å²) < 4.78 is 5.13. The summed E-state index contributed by atoms with van der Waals surface area (Å²) in [6, 6.07) is 6.95. The molecule has 90 valence electrons. The van der Waals surface area contributed by atoms with Crippen molar-refractivity contribution >= 4 is 33.5 Å². The number of amides is 1. The van der Waals surface area contributed by atoms with Crippen molar-refractivity contribution in [2.75, 3.05) is 16.8 Å². The Morgan fingerprint density at radius 1 is 1.47 bits per heavy atom. The number of halogens is 1. The Bertz CT molecular complexity index is 444. The first-order valence-corrected chi connectivity index (χ1v) is 6.39. The maximum Gasteiger partial charge on any atom is 0.414 e. The number of carbonyl (C=O) groups excluding carboxylic acids is 2. The zero-order valence-corrected chi connectivity index (χ0v) is 10.9. The van der Waals surface area contributed by atoms with Gasteiger partial charge in [0.2, 0.25) is 0 Å². The number of benzene rings is 1. The number of carbonyl (C=O) groups is 2. The van der Waals surface area contributed by atoms with Gasteiger partial charge in [0.15, 0.2) is 5.78 Å². The molecule has 1 heterocycles. The second kappa shape index (κ2) is 4.87. The standard InChI is InChI=1S/C12H12BrNO3/c1-8(15)9-2-4-10(5-3-9)14-7-11(6-13)17-12(14)16/h2-5,11H,6-7H2,1H3. The van der Waals surface area contributed by atoms with E-state index in [4.69, 9.17) is 4.74 Å². The van der Waals surface area contributed by atoms with Gasteiger partial charge in [0.05, 0.1) is 6.54 Å². The van der Waals surface area contributed by atoms with Crippen LogP contribution >= 0.6 is 15.9 Å². The number of cyclic esters (lactones) is 1. The molecule has 2 rings (SSSR count). The first-order valence-electron chi connectivity index (χ1n) is 5.27. The van der Waals surface area contributed by atoms with Gasteiger partial charge in [-0.3, -0.25) is 9.69 Å². The summed E-state index contributed by atoms with van der Waals surface area (Å²) in [7, 11) is 0. The molecule has 1 amide bonds. The van der Waals surface area contributed by atoms with Gasteiger partial charge in [-0.1, -0.05) is 15.9 Å². The van der Waals surface area contributed by atoms with Crippen LogP contribution in [0.4, 0.5) is 10.5 Å². The highest BCUT2D eigenvalue weighted by molar-refractivity contribution is 9.09. The Kier molecular flexibility index (Phi) is 3.47. The lowest BCUT2D eigenvalue weighted by molar-refractivity contribution is 0.101. The number of hydrogen-bond donors (Lipinski definition) is 0. The van der Waals surface area contributed by atoms with E-state index in [1.54, 1.807) is 29.2 Å². The van der Waals surface area contributed by atoms with Gasteiger partial charge in [-0.05, 0) is 31.2 Å². The summed E-state index contributed by atoms with van der Waals surface area (Å²) in [5.74, 6) is 0.0129. The predicted molar refractivity (Wildman–Crippen MR) is 67.9 cm³/mol. The zero-order chi connectivity index (χ0) is 12.4. The van der Waals surface area contributed by atoms with Crippen LogP contribution in [0.3, 0.4) is 0 Å². The Hall–Kier alpha value is -1.36. The number of Topliss-reactive ketones (excluding diaryl/α,β-unsaturated/α-hetero) is 1. The normalized spacial score (nSPS) is 19.3. The molecule has 1 unspecified atom stereocenters. The number of hydrogen-bond acceptors (Lipinski definition) is 3.